The molecule has 2 N–H and O–H groups in total. The number of carbonyl (C=O) groups is 1. The van der Waals surface area contributed by atoms with Crippen LogP contribution in [0.1, 0.15) is 34.1 Å². The van der Waals surface area contributed by atoms with Crippen molar-refractivity contribution in [2.45, 2.75) is 39.7 Å². The Bertz CT molecular complexity index is 289. The lowest BCUT2D eigenvalue weighted by atomic mass is 10.1. The van der Waals surface area contributed by atoms with Gasteiger partial charge >= 0.3 is 6.09 Å². The highest BCUT2D eigenvalue weighted by Gasteiger charge is 2.24. The van der Waals surface area contributed by atoms with E-state index < -0.39 is 5.60 Å². The summed E-state index contributed by atoms with van der Waals surface area (Å²) in [6, 6.07) is 0. The van der Waals surface area contributed by atoms with Gasteiger partial charge in [-0.25, -0.2) is 4.79 Å². The summed E-state index contributed by atoms with van der Waals surface area (Å²) in [5.74, 6) is 0. The first kappa shape index (κ1) is 11.9. The van der Waals surface area contributed by atoms with Crippen LogP contribution < -0.4 is 5.73 Å². The second-order valence-corrected chi connectivity index (χ2v) is 4.96. The van der Waals surface area contributed by atoms with Crippen LogP contribution in [0.5, 0.6) is 0 Å². The number of nitrogens with zero attached hydrogens (tertiary/aromatic N) is 1. The van der Waals surface area contributed by atoms with Crippen LogP contribution in [0.3, 0.4) is 0 Å². The molecule has 0 aromatic carbocycles. The Hall–Kier alpha value is -1.19. The molecular weight excluding hydrogens is 192 g/mol. The van der Waals surface area contributed by atoms with Crippen molar-refractivity contribution in [3.63, 3.8) is 0 Å². The van der Waals surface area contributed by atoms with Crippen molar-refractivity contribution in [1.29, 1.82) is 0 Å². The Morgan fingerprint density at radius 1 is 1.47 bits per heavy atom. The van der Waals surface area contributed by atoms with Crippen LogP contribution in [0, 0.1) is 0 Å². The quantitative estimate of drug-likeness (QED) is 0.666. The Labute approximate surface area is 91.1 Å². The van der Waals surface area contributed by atoms with Gasteiger partial charge in [0.25, 0.3) is 0 Å². The summed E-state index contributed by atoms with van der Waals surface area (Å²) in [6.07, 6.45) is 0.559. The lowest BCUT2D eigenvalue weighted by Gasteiger charge is -2.30. The fourth-order valence-corrected chi connectivity index (χ4v) is 1.37. The minimum Gasteiger partial charge on any atom is -0.444 e. The first-order valence-electron chi connectivity index (χ1n) is 5.21. The van der Waals surface area contributed by atoms with Gasteiger partial charge in [-0.2, -0.15) is 0 Å². The van der Waals surface area contributed by atoms with Crippen molar-refractivity contribution in [2.24, 2.45) is 5.73 Å². The number of nitrogens with two attached hydrogens (primary N) is 1. The third kappa shape index (κ3) is 3.46. The van der Waals surface area contributed by atoms with Gasteiger partial charge in [0.15, 0.2) is 0 Å². The Balaban J connectivity index is 2.57. The Morgan fingerprint density at radius 3 is 2.53 bits per heavy atom. The maximum absolute atomic E-state index is 11.7. The molecule has 4 nitrogen and oxygen atoms in total. The Morgan fingerprint density at radius 2 is 2.07 bits per heavy atom. The van der Waals surface area contributed by atoms with Crippen LogP contribution in [0.25, 0.3) is 0 Å². The molecule has 0 spiro atoms. The van der Waals surface area contributed by atoms with E-state index in [1.165, 1.54) is 5.57 Å². The zero-order valence-corrected chi connectivity index (χ0v) is 9.96. The first-order chi connectivity index (χ1) is 6.79. The number of rotatable bonds is 0. The minimum absolute atomic E-state index is 0.280. The predicted octanol–water partition coefficient (Wildman–Crippen LogP) is 1.86. The molecule has 0 bridgehead atoms. The van der Waals surface area contributed by atoms with Gasteiger partial charge < -0.3 is 15.4 Å². The molecule has 0 fully saturated rings. The van der Waals surface area contributed by atoms with Crippen LogP contribution in [-0.4, -0.2) is 29.7 Å². The topological polar surface area (TPSA) is 55.6 Å². The SMILES string of the molecule is CC1=C(N)CN(C(=O)OC(C)(C)C)CC1. The summed E-state index contributed by atoms with van der Waals surface area (Å²) in [5, 5.41) is 0. The lowest BCUT2D eigenvalue weighted by molar-refractivity contribution is 0.0259. The maximum Gasteiger partial charge on any atom is 0.410 e. The van der Waals surface area contributed by atoms with Gasteiger partial charge in [-0.1, -0.05) is 5.57 Å². The second kappa shape index (κ2) is 4.13. The van der Waals surface area contributed by atoms with E-state index in [9.17, 15) is 4.79 Å². The number of ether oxygens (including phenoxy) is 1. The van der Waals surface area contributed by atoms with Gasteiger partial charge in [0.2, 0.25) is 0 Å². The number of carbonyl (C=O) groups excluding carboxylic acids is 1. The first-order valence-corrected chi connectivity index (χ1v) is 5.21. The van der Waals surface area contributed by atoms with Crippen molar-refractivity contribution in [3.8, 4) is 0 Å². The fourth-order valence-electron chi connectivity index (χ4n) is 1.37. The predicted molar refractivity (Wildman–Crippen MR) is 59.3 cm³/mol. The maximum atomic E-state index is 11.7. The van der Waals surface area contributed by atoms with Crippen LogP contribution in [0.4, 0.5) is 4.79 Å². The van der Waals surface area contributed by atoms with E-state index >= 15 is 0 Å². The standard InChI is InChI=1S/C11H20N2O2/c1-8-5-6-13(7-9(8)12)10(14)15-11(2,3)4/h5-7,12H2,1-4H3. The van der Waals surface area contributed by atoms with Crippen molar-refractivity contribution in [3.05, 3.63) is 11.3 Å². The molecular formula is C11H20N2O2. The van der Waals surface area contributed by atoms with Crippen LogP contribution >= 0.6 is 0 Å². The Kier molecular flexibility index (Phi) is 3.27. The molecule has 0 unspecified atom stereocenters. The van der Waals surface area contributed by atoms with E-state index in [2.05, 4.69) is 0 Å². The molecule has 4 heteroatoms. The lowest BCUT2D eigenvalue weighted by Crippen LogP contribution is -2.41. The van der Waals surface area contributed by atoms with Crippen LogP contribution in [0.15, 0.2) is 11.3 Å². The zero-order chi connectivity index (χ0) is 11.6. The molecule has 0 aromatic heterocycles. The highest BCUT2D eigenvalue weighted by atomic mass is 16.6. The van der Waals surface area contributed by atoms with E-state index in [0.717, 1.165) is 12.1 Å². The van der Waals surface area contributed by atoms with Crippen molar-refractivity contribution >= 4 is 6.09 Å². The molecule has 0 aromatic rings. The van der Waals surface area contributed by atoms with Crippen molar-refractivity contribution in [2.75, 3.05) is 13.1 Å². The second-order valence-electron chi connectivity index (χ2n) is 4.96. The molecule has 15 heavy (non-hydrogen) atoms. The summed E-state index contributed by atoms with van der Waals surface area (Å²) >= 11 is 0. The normalized spacial score (nSPS) is 18.0. The average molecular weight is 212 g/mol. The average Bonchev–Trinajstić information content (AvgIpc) is 2.06. The van der Waals surface area contributed by atoms with E-state index in [4.69, 9.17) is 10.5 Å². The highest BCUT2D eigenvalue weighted by molar-refractivity contribution is 5.68. The third-order valence-corrected chi connectivity index (χ3v) is 2.32. The largest absolute Gasteiger partial charge is 0.444 e. The van der Waals surface area contributed by atoms with Gasteiger partial charge in [-0.3, -0.25) is 0 Å². The van der Waals surface area contributed by atoms with E-state index in [-0.39, 0.29) is 6.09 Å². The molecule has 0 aliphatic carbocycles. The third-order valence-electron chi connectivity index (χ3n) is 2.32. The zero-order valence-electron chi connectivity index (χ0n) is 9.96. The van der Waals surface area contributed by atoms with Crippen LogP contribution in [0.2, 0.25) is 0 Å². The number of hydrogen-bond acceptors (Lipinski definition) is 3. The van der Waals surface area contributed by atoms with Crippen LogP contribution in [-0.2, 0) is 4.74 Å². The van der Waals surface area contributed by atoms with E-state index in [1.807, 2.05) is 27.7 Å². The molecule has 1 heterocycles. The molecule has 1 rings (SSSR count). The van der Waals surface area contributed by atoms with Crippen molar-refractivity contribution in [1.82, 2.24) is 4.90 Å². The van der Waals surface area contributed by atoms with Gasteiger partial charge in [0.05, 0.1) is 6.54 Å². The van der Waals surface area contributed by atoms with E-state index in [0.29, 0.717) is 13.1 Å². The summed E-state index contributed by atoms with van der Waals surface area (Å²) < 4.78 is 5.27. The molecule has 1 aliphatic rings. The van der Waals surface area contributed by atoms with E-state index in [1.54, 1.807) is 4.90 Å². The van der Waals surface area contributed by atoms with Gasteiger partial charge in [0.1, 0.15) is 5.60 Å². The van der Waals surface area contributed by atoms with Gasteiger partial charge in [-0.05, 0) is 34.1 Å². The fraction of sp³-hybridized carbons (Fsp3) is 0.727. The minimum atomic E-state index is -0.442. The number of amides is 1. The number of hydrogen-bond donors (Lipinski definition) is 1. The summed E-state index contributed by atoms with van der Waals surface area (Å²) in [5.41, 5.74) is 7.32. The molecule has 0 radical (unpaired) electrons. The molecule has 0 saturated heterocycles. The summed E-state index contributed by atoms with van der Waals surface area (Å²) in [7, 11) is 0. The summed E-state index contributed by atoms with van der Waals surface area (Å²) in [4.78, 5) is 13.3. The monoisotopic (exact) mass is 212 g/mol. The molecule has 1 amide bonds. The molecule has 0 atom stereocenters. The molecule has 1 aliphatic heterocycles. The van der Waals surface area contributed by atoms with Gasteiger partial charge in [0, 0.05) is 12.2 Å². The smallest absolute Gasteiger partial charge is 0.410 e. The van der Waals surface area contributed by atoms with Gasteiger partial charge in [-0.15, -0.1) is 0 Å². The summed E-state index contributed by atoms with van der Waals surface area (Å²) in [6.45, 7) is 8.77. The van der Waals surface area contributed by atoms with Crippen molar-refractivity contribution < 1.29 is 9.53 Å². The highest BCUT2D eigenvalue weighted by Crippen LogP contribution is 2.16. The molecule has 86 valence electrons. The molecule has 0 saturated carbocycles.